The van der Waals surface area contributed by atoms with Crippen LogP contribution in [0.25, 0.3) is 0 Å². The Labute approximate surface area is 90.2 Å². The lowest BCUT2D eigenvalue weighted by atomic mass is 9.83. The van der Waals surface area contributed by atoms with Gasteiger partial charge in [0.25, 0.3) is 0 Å². The van der Waals surface area contributed by atoms with Gasteiger partial charge in [0.05, 0.1) is 0 Å². The zero-order valence-electron chi connectivity index (χ0n) is 8.72. The van der Waals surface area contributed by atoms with Crippen molar-refractivity contribution in [2.45, 2.75) is 27.2 Å². The molecule has 0 nitrogen and oxygen atoms in total. The minimum absolute atomic E-state index is 0.261. The maximum Gasteiger partial charge on any atom is 0.00713 e. The van der Waals surface area contributed by atoms with Crippen LogP contribution in [-0.4, -0.2) is 11.5 Å². The zero-order valence-corrected chi connectivity index (χ0v) is 10.4. The van der Waals surface area contributed by atoms with Crippen molar-refractivity contribution >= 4 is 23.5 Å². The van der Waals surface area contributed by atoms with Gasteiger partial charge in [0.1, 0.15) is 0 Å². The molecular weight excluding hydrogens is 196 g/mol. The lowest BCUT2D eigenvalue weighted by Crippen LogP contribution is -2.13. The highest BCUT2D eigenvalue weighted by Crippen LogP contribution is 2.39. The third-order valence-electron chi connectivity index (χ3n) is 2.47. The molecule has 1 aliphatic rings. The molecule has 0 radical (unpaired) electrons. The molecular formula is C11H18S2. The molecule has 0 atom stereocenters. The minimum atomic E-state index is 0.261. The average Bonchev–Trinajstić information content (AvgIpc) is 2.05. The van der Waals surface area contributed by atoms with Gasteiger partial charge < -0.3 is 0 Å². The quantitative estimate of drug-likeness (QED) is 0.642. The first-order chi connectivity index (χ1) is 6.02. The van der Waals surface area contributed by atoms with Crippen molar-refractivity contribution in [3.8, 4) is 0 Å². The standard InChI is InChI=1S/C11H18S2/c1-9(2)11(3,4)7-10-8-12-5-6-13-10/h8H,1,5-7H2,2-4H3. The Hall–Kier alpha value is 0.180. The Bertz CT molecular complexity index is 226. The van der Waals surface area contributed by atoms with Crippen molar-refractivity contribution in [1.29, 1.82) is 0 Å². The van der Waals surface area contributed by atoms with E-state index in [2.05, 4.69) is 32.8 Å². The highest BCUT2D eigenvalue weighted by Gasteiger charge is 2.21. The molecule has 0 fully saturated rings. The van der Waals surface area contributed by atoms with Crippen molar-refractivity contribution in [2.75, 3.05) is 11.5 Å². The van der Waals surface area contributed by atoms with E-state index in [9.17, 15) is 0 Å². The van der Waals surface area contributed by atoms with E-state index in [-0.39, 0.29) is 5.41 Å². The van der Waals surface area contributed by atoms with E-state index in [1.165, 1.54) is 22.0 Å². The van der Waals surface area contributed by atoms with Crippen LogP contribution in [0.3, 0.4) is 0 Å². The number of allylic oxidation sites excluding steroid dienone is 2. The molecule has 0 aromatic rings. The second kappa shape index (κ2) is 4.61. The summed E-state index contributed by atoms with van der Waals surface area (Å²) < 4.78 is 0. The molecule has 2 heteroatoms. The smallest absolute Gasteiger partial charge is 0.00713 e. The summed E-state index contributed by atoms with van der Waals surface area (Å²) in [5.74, 6) is 2.53. The number of hydrogen-bond acceptors (Lipinski definition) is 2. The molecule has 0 saturated heterocycles. The molecule has 1 rings (SSSR count). The number of hydrogen-bond donors (Lipinski definition) is 0. The van der Waals surface area contributed by atoms with Crippen molar-refractivity contribution in [2.24, 2.45) is 5.41 Å². The summed E-state index contributed by atoms with van der Waals surface area (Å²) in [6.07, 6.45) is 1.15. The SMILES string of the molecule is C=C(C)C(C)(C)CC1=CSCCS1. The van der Waals surface area contributed by atoms with Gasteiger partial charge in [-0.15, -0.1) is 23.5 Å². The number of rotatable bonds is 3. The van der Waals surface area contributed by atoms with Crippen LogP contribution in [0.15, 0.2) is 22.5 Å². The molecule has 1 aliphatic heterocycles. The first-order valence-electron chi connectivity index (χ1n) is 4.62. The van der Waals surface area contributed by atoms with E-state index in [0.29, 0.717) is 0 Å². The van der Waals surface area contributed by atoms with Gasteiger partial charge in [0, 0.05) is 11.5 Å². The molecule has 0 aromatic heterocycles. The highest BCUT2D eigenvalue weighted by atomic mass is 32.2. The van der Waals surface area contributed by atoms with Crippen molar-refractivity contribution < 1.29 is 0 Å². The van der Waals surface area contributed by atoms with E-state index in [4.69, 9.17) is 0 Å². The molecule has 0 bridgehead atoms. The monoisotopic (exact) mass is 214 g/mol. The average molecular weight is 214 g/mol. The Morgan fingerprint density at radius 1 is 1.54 bits per heavy atom. The van der Waals surface area contributed by atoms with Crippen LogP contribution >= 0.6 is 23.5 Å². The zero-order chi connectivity index (χ0) is 9.90. The van der Waals surface area contributed by atoms with Crippen LogP contribution in [0.5, 0.6) is 0 Å². The summed E-state index contributed by atoms with van der Waals surface area (Å²) in [5.41, 5.74) is 1.54. The van der Waals surface area contributed by atoms with E-state index >= 15 is 0 Å². The van der Waals surface area contributed by atoms with E-state index in [1.807, 2.05) is 23.5 Å². The third kappa shape index (κ3) is 3.43. The highest BCUT2D eigenvalue weighted by molar-refractivity contribution is 8.09. The van der Waals surface area contributed by atoms with Gasteiger partial charge >= 0.3 is 0 Å². The van der Waals surface area contributed by atoms with Gasteiger partial charge in [-0.3, -0.25) is 0 Å². The third-order valence-corrected chi connectivity index (χ3v) is 4.81. The summed E-state index contributed by atoms with van der Waals surface area (Å²) in [7, 11) is 0. The summed E-state index contributed by atoms with van der Waals surface area (Å²) in [4.78, 5) is 1.53. The molecule has 0 aliphatic carbocycles. The molecule has 0 unspecified atom stereocenters. The first-order valence-corrected chi connectivity index (χ1v) is 6.65. The predicted octanol–water partition coefficient (Wildman–Crippen LogP) is 4.30. The van der Waals surface area contributed by atoms with E-state index in [0.717, 1.165) is 6.42 Å². The molecule has 1 heterocycles. The normalized spacial score (nSPS) is 18.2. The van der Waals surface area contributed by atoms with Gasteiger partial charge in [-0.1, -0.05) is 26.0 Å². The lowest BCUT2D eigenvalue weighted by molar-refractivity contribution is 0.452. The van der Waals surface area contributed by atoms with E-state index < -0.39 is 0 Å². The fraction of sp³-hybridized carbons (Fsp3) is 0.636. The number of thioether (sulfide) groups is 2. The fourth-order valence-corrected chi connectivity index (χ4v) is 3.39. The maximum absolute atomic E-state index is 4.05. The molecule has 0 aromatic carbocycles. The Morgan fingerprint density at radius 2 is 2.23 bits per heavy atom. The largest absolute Gasteiger partial charge is 0.132 e. The second-order valence-electron chi connectivity index (χ2n) is 4.14. The van der Waals surface area contributed by atoms with Gasteiger partial charge in [-0.25, -0.2) is 0 Å². The molecule has 13 heavy (non-hydrogen) atoms. The minimum Gasteiger partial charge on any atom is -0.132 e. The summed E-state index contributed by atoms with van der Waals surface area (Å²) >= 11 is 3.95. The molecule has 74 valence electrons. The van der Waals surface area contributed by atoms with Gasteiger partial charge in [0.2, 0.25) is 0 Å². The first kappa shape index (κ1) is 11.3. The second-order valence-corrected chi connectivity index (χ2v) is 6.34. The molecule has 0 saturated carbocycles. The van der Waals surface area contributed by atoms with Gasteiger partial charge in [-0.2, -0.15) is 0 Å². The molecule has 0 N–H and O–H groups in total. The van der Waals surface area contributed by atoms with Crippen LogP contribution in [-0.2, 0) is 0 Å². The topological polar surface area (TPSA) is 0 Å². The predicted molar refractivity (Wildman–Crippen MR) is 66.2 cm³/mol. The van der Waals surface area contributed by atoms with Crippen LogP contribution in [0.4, 0.5) is 0 Å². The Morgan fingerprint density at radius 3 is 2.69 bits per heavy atom. The van der Waals surface area contributed by atoms with Crippen LogP contribution in [0, 0.1) is 5.41 Å². The van der Waals surface area contributed by atoms with Crippen LogP contribution in [0.2, 0.25) is 0 Å². The van der Waals surface area contributed by atoms with Crippen molar-refractivity contribution in [1.82, 2.24) is 0 Å². The van der Waals surface area contributed by atoms with Gasteiger partial charge in [-0.05, 0) is 29.1 Å². The lowest BCUT2D eigenvalue weighted by Gasteiger charge is -2.27. The maximum atomic E-state index is 4.05. The Kier molecular flexibility index (Phi) is 3.99. The van der Waals surface area contributed by atoms with Crippen molar-refractivity contribution in [3.63, 3.8) is 0 Å². The Balaban J connectivity index is 2.56. The molecule has 0 amide bonds. The summed E-state index contributed by atoms with van der Waals surface area (Å²) in [6.45, 7) is 10.7. The van der Waals surface area contributed by atoms with Crippen molar-refractivity contribution in [3.05, 3.63) is 22.5 Å². The van der Waals surface area contributed by atoms with Crippen LogP contribution in [0.1, 0.15) is 27.2 Å². The van der Waals surface area contributed by atoms with E-state index in [1.54, 1.807) is 0 Å². The summed E-state index contributed by atoms with van der Waals surface area (Å²) in [5, 5.41) is 2.32. The molecule has 0 spiro atoms. The fourth-order valence-electron chi connectivity index (χ4n) is 1.09. The van der Waals surface area contributed by atoms with Crippen LogP contribution < -0.4 is 0 Å². The summed E-state index contributed by atoms with van der Waals surface area (Å²) in [6, 6.07) is 0. The van der Waals surface area contributed by atoms with Gasteiger partial charge in [0.15, 0.2) is 0 Å².